The van der Waals surface area contributed by atoms with Gasteiger partial charge in [-0.15, -0.1) is 18.3 Å². The molecule has 0 saturated carbocycles. The molecule has 0 aromatic heterocycles. The Kier molecular flexibility index (Phi) is 4.91. The first-order valence-electron chi connectivity index (χ1n) is 6.40. The minimum atomic E-state index is -4.72. The van der Waals surface area contributed by atoms with Gasteiger partial charge in [0.05, 0.1) is 0 Å². The molecule has 0 fully saturated rings. The van der Waals surface area contributed by atoms with Gasteiger partial charge in [-0.2, -0.15) is 0 Å². The van der Waals surface area contributed by atoms with Crippen molar-refractivity contribution >= 4 is 17.2 Å². The number of ether oxygens (including phenoxy) is 1. The Balaban J connectivity index is 2.18. The first-order chi connectivity index (χ1) is 10.9. The summed E-state index contributed by atoms with van der Waals surface area (Å²) in [5.41, 5.74) is 9.63. The molecule has 0 amide bonds. The van der Waals surface area contributed by atoms with Crippen LogP contribution in [0.25, 0.3) is 0 Å². The molecule has 0 spiro atoms. The lowest BCUT2D eigenvalue weighted by molar-refractivity contribution is -0.274. The highest BCUT2D eigenvalue weighted by molar-refractivity contribution is 6.02. The van der Waals surface area contributed by atoms with Crippen LogP contribution < -0.4 is 27.2 Å². The molecule has 2 rings (SSSR count). The molecule has 0 heterocycles. The van der Waals surface area contributed by atoms with Crippen molar-refractivity contribution in [3.8, 4) is 5.75 Å². The first kappa shape index (κ1) is 16.4. The fourth-order valence-electron chi connectivity index (χ4n) is 1.84. The van der Waals surface area contributed by atoms with Gasteiger partial charge in [-0.25, -0.2) is 11.4 Å². The molecule has 23 heavy (non-hydrogen) atoms. The number of anilines is 2. The quantitative estimate of drug-likeness (QED) is 0.293. The number of rotatable bonds is 5. The number of nitrogens with two attached hydrogens (primary N) is 2. The molecule has 6 N–H and O–H groups in total. The average Bonchev–Trinajstić information content (AvgIpc) is 2.48. The number of para-hydroxylation sites is 1. The second-order valence-electron chi connectivity index (χ2n) is 4.37. The van der Waals surface area contributed by atoms with Crippen LogP contribution in [0.3, 0.4) is 0 Å². The molecule has 0 atom stereocenters. The molecule has 2 aromatic rings. The van der Waals surface area contributed by atoms with Gasteiger partial charge in [0.25, 0.3) is 0 Å². The Hall–Kier alpha value is -2.94. The molecule has 0 aliphatic rings. The zero-order chi connectivity index (χ0) is 16.9. The number of nitrogens with zero attached hydrogens (tertiary/aromatic N) is 1. The Morgan fingerprint density at radius 2 is 1.70 bits per heavy atom. The fourth-order valence-corrected chi connectivity index (χ4v) is 1.84. The highest BCUT2D eigenvalue weighted by Gasteiger charge is 2.30. The van der Waals surface area contributed by atoms with Crippen LogP contribution >= 0.6 is 0 Å². The summed E-state index contributed by atoms with van der Waals surface area (Å²) in [7, 11) is 0. The number of halogens is 3. The van der Waals surface area contributed by atoms with Gasteiger partial charge in [0, 0.05) is 16.9 Å². The van der Waals surface area contributed by atoms with E-state index in [-0.39, 0.29) is 11.6 Å². The number of hydrazone groups is 1. The number of nitrogens with one attached hydrogen (secondary N) is 2. The van der Waals surface area contributed by atoms with E-state index in [0.29, 0.717) is 16.9 Å². The lowest BCUT2D eigenvalue weighted by Crippen LogP contribution is -2.23. The van der Waals surface area contributed by atoms with E-state index in [1.54, 1.807) is 24.3 Å². The first-order valence-corrected chi connectivity index (χ1v) is 6.40. The average molecular weight is 325 g/mol. The topological polar surface area (TPSA) is 97.7 Å². The van der Waals surface area contributed by atoms with Crippen molar-refractivity contribution in [2.75, 3.05) is 5.32 Å². The van der Waals surface area contributed by atoms with Crippen LogP contribution in [0.4, 0.5) is 24.5 Å². The second-order valence-corrected chi connectivity index (χ2v) is 4.37. The van der Waals surface area contributed by atoms with Crippen molar-refractivity contribution in [2.45, 2.75) is 6.36 Å². The number of hydrogen-bond donors (Lipinski definition) is 4. The SMILES string of the molecule is NN/N=C(\N)c1ccccc1Nc1ccc(OC(F)(F)F)cc1. The summed E-state index contributed by atoms with van der Waals surface area (Å²) in [4.78, 5) is 0. The summed E-state index contributed by atoms with van der Waals surface area (Å²) in [6.07, 6.45) is -4.72. The minimum Gasteiger partial charge on any atom is -0.406 e. The number of alkyl halides is 3. The van der Waals surface area contributed by atoms with Gasteiger partial charge >= 0.3 is 6.36 Å². The van der Waals surface area contributed by atoms with E-state index in [4.69, 9.17) is 11.6 Å². The molecule has 122 valence electrons. The van der Waals surface area contributed by atoms with E-state index in [1.165, 1.54) is 24.3 Å². The number of hydrogen-bond acceptors (Lipinski definition) is 5. The number of hydrazine groups is 1. The predicted molar refractivity (Wildman–Crippen MR) is 80.9 cm³/mol. The van der Waals surface area contributed by atoms with Crippen LogP contribution in [0.2, 0.25) is 0 Å². The van der Waals surface area contributed by atoms with Gasteiger partial charge in [-0.3, -0.25) is 0 Å². The zero-order valence-corrected chi connectivity index (χ0v) is 11.8. The monoisotopic (exact) mass is 325 g/mol. The van der Waals surface area contributed by atoms with Crippen molar-refractivity contribution in [3.63, 3.8) is 0 Å². The van der Waals surface area contributed by atoms with E-state index in [9.17, 15) is 13.2 Å². The Labute approximate surface area is 129 Å². The van der Waals surface area contributed by atoms with Crippen molar-refractivity contribution in [1.29, 1.82) is 0 Å². The molecule has 0 unspecified atom stereocenters. The minimum absolute atomic E-state index is 0.160. The molecule has 2 aromatic carbocycles. The lowest BCUT2D eigenvalue weighted by atomic mass is 10.1. The molecular weight excluding hydrogens is 311 g/mol. The maximum absolute atomic E-state index is 12.1. The zero-order valence-electron chi connectivity index (χ0n) is 11.8. The van der Waals surface area contributed by atoms with Crippen molar-refractivity contribution < 1.29 is 17.9 Å². The van der Waals surface area contributed by atoms with E-state index in [1.807, 2.05) is 0 Å². The number of amidine groups is 1. The number of benzene rings is 2. The van der Waals surface area contributed by atoms with E-state index in [2.05, 4.69) is 20.7 Å². The van der Waals surface area contributed by atoms with Crippen LogP contribution in [-0.2, 0) is 0 Å². The van der Waals surface area contributed by atoms with Crippen LogP contribution in [0.15, 0.2) is 53.6 Å². The summed E-state index contributed by atoms with van der Waals surface area (Å²) in [5, 5.41) is 6.72. The van der Waals surface area contributed by atoms with Crippen LogP contribution in [0.1, 0.15) is 5.56 Å². The third kappa shape index (κ3) is 4.78. The Bertz CT molecular complexity index is 686. The highest BCUT2D eigenvalue weighted by atomic mass is 19.4. The molecule has 9 heteroatoms. The fraction of sp³-hybridized carbons (Fsp3) is 0.0714. The molecule has 0 bridgehead atoms. The van der Waals surface area contributed by atoms with Gasteiger partial charge in [0.1, 0.15) is 5.75 Å². The van der Waals surface area contributed by atoms with Gasteiger partial charge < -0.3 is 15.8 Å². The van der Waals surface area contributed by atoms with Gasteiger partial charge in [-0.1, -0.05) is 12.1 Å². The summed E-state index contributed by atoms with van der Waals surface area (Å²) in [5.74, 6) is 4.95. The van der Waals surface area contributed by atoms with E-state index >= 15 is 0 Å². The smallest absolute Gasteiger partial charge is 0.406 e. The van der Waals surface area contributed by atoms with E-state index in [0.717, 1.165) is 0 Å². The van der Waals surface area contributed by atoms with Crippen molar-refractivity contribution in [1.82, 2.24) is 5.53 Å². The third-order valence-electron chi connectivity index (χ3n) is 2.75. The molecule has 6 nitrogen and oxygen atoms in total. The largest absolute Gasteiger partial charge is 0.573 e. The van der Waals surface area contributed by atoms with Crippen molar-refractivity contribution in [3.05, 3.63) is 54.1 Å². The van der Waals surface area contributed by atoms with Gasteiger partial charge in [0.15, 0.2) is 5.84 Å². The van der Waals surface area contributed by atoms with Crippen LogP contribution in [0.5, 0.6) is 5.75 Å². The Morgan fingerprint density at radius 1 is 1.04 bits per heavy atom. The standard InChI is InChI=1S/C14H14F3N5O/c15-14(16,17)23-10-7-5-9(6-8-10)20-12-4-2-1-3-11(12)13(18)21-22-19/h1-8,20,22H,19H2,(H2,18,21). The van der Waals surface area contributed by atoms with Crippen LogP contribution in [-0.4, -0.2) is 12.2 Å². The maximum Gasteiger partial charge on any atom is 0.573 e. The van der Waals surface area contributed by atoms with Gasteiger partial charge in [-0.05, 0) is 36.4 Å². The molecule has 0 aliphatic heterocycles. The summed E-state index contributed by atoms with van der Waals surface area (Å²) in [6.45, 7) is 0. The predicted octanol–water partition coefficient (Wildman–Crippen LogP) is 2.41. The second kappa shape index (κ2) is 6.88. The molecule has 0 radical (unpaired) electrons. The third-order valence-corrected chi connectivity index (χ3v) is 2.75. The summed E-state index contributed by atoms with van der Waals surface area (Å²) in [6, 6.07) is 12.3. The van der Waals surface area contributed by atoms with Gasteiger partial charge in [0.2, 0.25) is 0 Å². The van der Waals surface area contributed by atoms with Crippen LogP contribution in [0, 0.1) is 0 Å². The van der Waals surface area contributed by atoms with Crippen molar-refractivity contribution in [2.24, 2.45) is 16.7 Å². The normalized spacial score (nSPS) is 11.9. The lowest BCUT2D eigenvalue weighted by Gasteiger charge is -2.13. The Morgan fingerprint density at radius 3 is 2.30 bits per heavy atom. The molecule has 0 aliphatic carbocycles. The molecular formula is C14H14F3N5O. The summed E-state index contributed by atoms with van der Waals surface area (Å²) >= 11 is 0. The molecule has 0 saturated heterocycles. The summed E-state index contributed by atoms with van der Waals surface area (Å²) < 4.78 is 40.2. The highest BCUT2D eigenvalue weighted by Crippen LogP contribution is 2.26. The van der Waals surface area contributed by atoms with E-state index < -0.39 is 6.36 Å². The maximum atomic E-state index is 12.1.